The second kappa shape index (κ2) is 7.19. The Hall–Kier alpha value is -0.930. The summed E-state index contributed by atoms with van der Waals surface area (Å²) in [5, 5.41) is 0. The summed E-state index contributed by atoms with van der Waals surface area (Å²) in [5.74, 6) is 6.09. The molecule has 0 amide bonds. The number of nitrogens with two attached hydrogens (primary N) is 1. The van der Waals surface area contributed by atoms with Crippen LogP contribution in [-0.4, -0.2) is 6.04 Å². The molecule has 0 heterocycles. The van der Waals surface area contributed by atoms with Crippen molar-refractivity contribution in [2.75, 3.05) is 0 Å². The Morgan fingerprint density at radius 3 is 2.50 bits per heavy atom. The van der Waals surface area contributed by atoms with Crippen LogP contribution in [0.4, 0.5) is 4.39 Å². The minimum atomic E-state index is -0.177. The molecule has 20 heavy (non-hydrogen) atoms. The van der Waals surface area contributed by atoms with Crippen LogP contribution in [0, 0.1) is 24.1 Å². The molecular formula is C17H29FN2. The molecule has 0 saturated carbocycles. The minimum Gasteiger partial charge on any atom is -0.271 e. The zero-order chi connectivity index (χ0) is 15.3. The first-order chi connectivity index (χ1) is 9.21. The molecule has 0 aliphatic rings. The van der Waals surface area contributed by atoms with E-state index in [0.717, 1.165) is 30.4 Å². The quantitative estimate of drug-likeness (QED) is 0.611. The molecule has 2 nitrogen and oxygen atoms in total. The molecule has 0 aromatic heterocycles. The van der Waals surface area contributed by atoms with E-state index in [0.29, 0.717) is 11.3 Å². The molecule has 0 saturated heterocycles. The van der Waals surface area contributed by atoms with Gasteiger partial charge in [-0.2, -0.15) is 0 Å². The van der Waals surface area contributed by atoms with Crippen molar-refractivity contribution >= 4 is 0 Å². The third-order valence-corrected chi connectivity index (χ3v) is 3.66. The Morgan fingerprint density at radius 1 is 1.30 bits per heavy atom. The van der Waals surface area contributed by atoms with E-state index >= 15 is 0 Å². The summed E-state index contributed by atoms with van der Waals surface area (Å²) < 4.78 is 13.3. The number of nitrogens with one attached hydrogen (secondary N) is 1. The van der Waals surface area contributed by atoms with E-state index in [-0.39, 0.29) is 11.9 Å². The van der Waals surface area contributed by atoms with Crippen LogP contribution < -0.4 is 11.3 Å². The Kier molecular flexibility index (Phi) is 6.15. The van der Waals surface area contributed by atoms with Gasteiger partial charge in [0.1, 0.15) is 5.82 Å². The van der Waals surface area contributed by atoms with Gasteiger partial charge in [-0.15, -0.1) is 0 Å². The van der Waals surface area contributed by atoms with E-state index in [1.807, 2.05) is 13.0 Å². The number of benzene rings is 1. The maximum absolute atomic E-state index is 13.3. The van der Waals surface area contributed by atoms with E-state index in [1.54, 1.807) is 6.07 Å². The summed E-state index contributed by atoms with van der Waals surface area (Å²) in [6, 6.07) is 5.14. The van der Waals surface area contributed by atoms with Gasteiger partial charge in [-0.3, -0.25) is 11.3 Å². The number of rotatable bonds is 6. The molecule has 1 aromatic rings. The van der Waals surface area contributed by atoms with E-state index < -0.39 is 0 Å². The van der Waals surface area contributed by atoms with Crippen LogP contribution in [0.5, 0.6) is 0 Å². The number of halogens is 1. The van der Waals surface area contributed by atoms with Gasteiger partial charge < -0.3 is 0 Å². The van der Waals surface area contributed by atoms with Crippen LogP contribution in [0.1, 0.15) is 51.7 Å². The van der Waals surface area contributed by atoms with Crippen molar-refractivity contribution in [1.29, 1.82) is 0 Å². The smallest absolute Gasteiger partial charge is 0.123 e. The van der Waals surface area contributed by atoms with Crippen molar-refractivity contribution in [2.24, 2.45) is 17.2 Å². The fraction of sp³-hybridized carbons (Fsp3) is 0.647. The monoisotopic (exact) mass is 280 g/mol. The summed E-state index contributed by atoms with van der Waals surface area (Å²) in [6.45, 7) is 11.0. The second-order valence-corrected chi connectivity index (χ2v) is 7.24. The van der Waals surface area contributed by atoms with E-state index in [2.05, 4.69) is 33.1 Å². The fourth-order valence-electron chi connectivity index (χ4n) is 2.95. The Labute approximate surface area is 122 Å². The maximum atomic E-state index is 13.3. The highest BCUT2D eigenvalue weighted by Gasteiger charge is 2.19. The number of aryl methyl sites for hydroxylation is 1. The van der Waals surface area contributed by atoms with Crippen LogP contribution in [0.15, 0.2) is 18.2 Å². The number of hydrogen-bond donors (Lipinski definition) is 2. The third kappa shape index (κ3) is 6.02. The highest BCUT2D eigenvalue weighted by Crippen LogP contribution is 2.27. The zero-order valence-electron chi connectivity index (χ0n) is 13.5. The number of hydrazine groups is 1. The van der Waals surface area contributed by atoms with Crippen LogP contribution in [0.3, 0.4) is 0 Å². The van der Waals surface area contributed by atoms with E-state index in [1.165, 1.54) is 6.07 Å². The molecule has 0 radical (unpaired) electrons. The molecule has 0 aliphatic heterocycles. The molecule has 114 valence electrons. The third-order valence-electron chi connectivity index (χ3n) is 3.66. The molecule has 1 aromatic carbocycles. The maximum Gasteiger partial charge on any atom is 0.123 e. The topological polar surface area (TPSA) is 38.0 Å². The SMILES string of the molecule is Cc1ccc(F)cc1CC(CC(C)CC(C)(C)C)NN. The lowest BCUT2D eigenvalue weighted by molar-refractivity contribution is 0.274. The summed E-state index contributed by atoms with van der Waals surface area (Å²) in [6.07, 6.45) is 2.94. The van der Waals surface area contributed by atoms with Gasteiger partial charge in [0.05, 0.1) is 0 Å². The Bertz CT molecular complexity index is 423. The van der Waals surface area contributed by atoms with Gasteiger partial charge in [-0.1, -0.05) is 33.8 Å². The first-order valence-electron chi connectivity index (χ1n) is 7.42. The molecule has 2 unspecified atom stereocenters. The molecule has 0 aliphatic carbocycles. The average molecular weight is 280 g/mol. The minimum absolute atomic E-state index is 0.177. The fourth-order valence-corrected chi connectivity index (χ4v) is 2.95. The van der Waals surface area contributed by atoms with Gasteiger partial charge in [-0.05, 0) is 60.8 Å². The summed E-state index contributed by atoms with van der Waals surface area (Å²) in [5.41, 5.74) is 5.38. The molecule has 3 heteroatoms. The Balaban J connectivity index is 2.65. The van der Waals surface area contributed by atoms with Crippen molar-refractivity contribution in [3.63, 3.8) is 0 Å². The molecule has 2 atom stereocenters. The summed E-state index contributed by atoms with van der Waals surface area (Å²) in [7, 11) is 0. The van der Waals surface area contributed by atoms with Crippen LogP contribution in [0.25, 0.3) is 0 Å². The van der Waals surface area contributed by atoms with Crippen LogP contribution in [-0.2, 0) is 6.42 Å². The lowest BCUT2D eigenvalue weighted by Gasteiger charge is -2.26. The second-order valence-electron chi connectivity index (χ2n) is 7.24. The summed E-state index contributed by atoms with van der Waals surface area (Å²) in [4.78, 5) is 0. The van der Waals surface area contributed by atoms with Crippen molar-refractivity contribution in [3.05, 3.63) is 35.1 Å². The van der Waals surface area contributed by atoms with Crippen molar-refractivity contribution < 1.29 is 4.39 Å². The van der Waals surface area contributed by atoms with Gasteiger partial charge in [-0.25, -0.2) is 4.39 Å². The number of hydrogen-bond acceptors (Lipinski definition) is 2. The Morgan fingerprint density at radius 2 is 1.95 bits per heavy atom. The van der Waals surface area contributed by atoms with Gasteiger partial charge in [0.2, 0.25) is 0 Å². The van der Waals surface area contributed by atoms with E-state index in [4.69, 9.17) is 5.84 Å². The lowest BCUT2D eigenvalue weighted by Crippen LogP contribution is -2.38. The molecule has 3 N–H and O–H groups in total. The first-order valence-corrected chi connectivity index (χ1v) is 7.42. The van der Waals surface area contributed by atoms with Crippen molar-refractivity contribution in [3.8, 4) is 0 Å². The van der Waals surface area contributed by atoms with Crippen LogP contribution in [0.2, 0.25) is 0 Å². The van der Waals surface area contributed by atoms with Crippen LogP contribution >= 0.6 is 0 Å². The largest absolute Gasteiger partial charge is 0.271 e. The predicted octanol–water partition coefficient (Wildman–Crippen LogP) is 3.97. The molecule has 0 spiro atoms. The van der Waals surface area contributed by atoms with E-state index in [9.17, 15) is 4.39 Å². The first kappa shape index (κ1) is 17.1. The highest BCUT2D eigenvalue weighted by molar-refractivity contribution is 5.27. The van der Waals surface area contributed by atoms with Gasteiger partial charge in [0, 0.05) is 6.04 Å². The van der Waals surface area contributed by atoms with Crippen molar-refractivity contribution in [1.82, 2.24) is 5.43 Å². The highest BCUT2D eigenvalue weighted by atomic mass is 19.1. The molecule has 0 fully saturated rings. The van der Waals surface area contributed by atoms with Gasteiger partial charge >= 0.3 is 0 Å². The van der Waals surface area contributed by atoms with Crippen molar-refractivity contribution in [2.45, 2.75) is 59.9 Å². The normalized spacial score (nSPS) is 15.2. The molecule has 1 rings (SSSR count). The van der Waals surface area contributed by atoms with Gasteiger partial charge in [0.15, 0.2) is 0 Å². The average Bonchev–Trinajstić information content (AvgIpc) is 2.30. The predicted molar refractivity (Wildman–Crippen MR) is 83.8 cm³/mol. The van der Waals surface area contributed by atoms with Gasteiger partial charge in [0.25, 0.3) is 0 Å². The molecule has 0 bridgehead atoms. The molecular weight excluding hydrogens is 251 g/mol. The standard InChI is InChI=1S/C17H29FN2/c1-12(11-17(3,4)5)8-16(20-19)10-14-9-15(18)7-6-13(14)2/h6-7,9,12,16,20H,8,10-11,19H2,1-5H3. The summed E-state index contributed by atoms with van der Waals surface area (Å²) >= 11 is 0. The zero-order valence-corrected chi connectivity index (χ0v) is 13.5. The lowest BCUT2D eigenvalue weighted by atomic mass is 9.82.